The summed E-state index contributed by atoms with van der Waals surface area (Å²) >= 11 is 0. The second-order valence-corrected chi connectivity index (χ2v) is 5.60. The molecule has 1 heterocycles. The molecule has 3 rings (SSSR count). The quantitative estimate of drug-likeness (QED) is 0.913. The molecule has 0 saturated heterocycles. The van der Waals surface area contributed by atoms with Crippen LogP contribution < -0.4 is 5.32 Å². The molecule has 0 aliphatic heterocycles. The highest BCUT2D eigenvalue weighted by Gasteiger charge is 2.63. The first-order valence-corrected chi connectivity index (χ1v) is 7.23. The normalized spacial score (nSPS) is 17.3. The van der Waals surface area contributed by atoms with Gasteiger partial charge in [-0.05, 0) is 31.4 Å². The fourth-order valence-corrected chi connectivity index (χ4v) is 2.67. The van der Waals surface area contributed by atoms with Crippen molar-refractivity contribution in [1.29, 1.82) is 0 Å². The molecule has 0 amide bonds. The predicted molar refractivity (Wildman–Crippen MR) is 74.9 cm³/mol. The number of nitrogens with zero attached hydrogens (tertiary/aromatic N) is 2. The average Bonchev–Trinajstić information content (AvgIpc) is 3.16. The smallest absolute Gasteiger partial charge is 0.327 e. The third-order valence-electron chi connectivity index (χ3n) is 4.06. The molecule has 3 nitrogen and oxygen atoms in total. The van der Waals surface area contributed by atoms with Gasteiger partial charge in [-0.1, -0.05) is 19.1 Å². The topological polar surface area (TPSA) is 29.9 Å². The van der Waals surface area contributed by atoms with Gasteiger partial charge in [-0.15, -0.1) is 0 Å². The number of alkyl halides is 3. The third-order valence-corrected chi connectivity index (χ3v) is 4.06. The van der Waals surface area contributed by atoms with Crippen LogP contribution in [0.4, 0.5) is 13.2 Å². The highest BCUT2D eigenvalue weighted by molar-refractivity contribution is 5.75. The molecule has 2 aromatic rings. The number of imidazole rings is 1. The number of halogens is 3. The van der Waals surface area contributed by atoms with Crippen molar-refractivity contribution in [3.05, 3.63) is 30.1 Å². The van der Waals surface area contributed by atoms with Crippen molar-refractivity contribution in [2.75, 3.05) is 0 Å². The van der Waals surface area contributed by atoms with Crippen LogP contribution in [0.2, 0.25) is 0 Å². The first-order chi connectivity index (χ1) is 9.97. The van der Waals surface area contributed by atoms with Gasteiger partial charge in [-0.2, -0.15) is 13.2 Å². The van der Waals surface area contributed by atoms with Gasteiger partial charge in [0.2, 0.25) is 0 Å². The lowest BCUT2D eigenvalue weighted by molar-refractivity contribution is -0.166. The van der Waals surface area contributed by atoms with Gasteiger partial charge in [-0.25, -0.2) is 4.98 Å². The predicted octanol–water partition coefficient (Wildman–Crippen LogP) is 3.63. The molecule has 1 aromatic heterocycles. The molecule has 0 unspecified atom stereocenters. The SMILES string of the molecule is CCCn1c(CNC2(C(F)(F)F)CC2)nc2ccccc21. The summed E-state index contributed by atoms with van der Waals surface area (Å²) in [5, 5.41) is 2.68. The number of benzene rings is 1. The van der Waals surface area contributed by atoms with Crippen molar-refractivity contribution in [2.24, 2.45) is 0 Å². The Morgan fingerprint density at radius 2 is 2.00 bits per heavy atom. The van der Waals surface area contributed by atoms with E-state index in [9.17, 15) is 13.2 Å². The number of rotatable bonds is 5. The number of aryl methyl sites for hydroxylation is 1. The molecule has 1 aromatic carbocycles. The van der Waals surface area contributed by atoms with Crippen molar-refractivity contribution >= 4 is 11.0 Å². The summed E-state index contributed by atoms with van der Waals surface area (Å²) in [6, 6.07) is 7.66. The number of hydrogen-bond donors (Lipinski definition) is 1. The molecular formula is C15H18F3N3. The Hall–Kier alpha value is -1.56. The summed E-state index contributed by atoms with van der Waals surface area (Å²) < 4.78 is 40.9. The maximum Gasteiger partial charge on any atom is 0.406 e. The zero-order chi connectivity index (χ0) is 15.1. The summed E-state index contributed by atoms with van der Waals surface area (Å²) in [5.74, 6) is 0.675. The molecule has 6 heteroatoms. The van der Waals surface area contributed by atoms with Crippen LogP contribution in [0.5, 0.6) is 0 Å². The van der Waals surface area contributed by atoms with Gasteiger partial charge in [0.25, 0.3) is 0 Å². The van der Waals surface area contributed by atoms with E-state index in [1.807, 2.05) is 35.8 Å². The fourth-order valence-electron chi connectivity index (χ4n) is 2.67. The van der Waals surface area contributed by atoms with Crippen LogP contribution in [0.3, 0.4) is 0 Å². The van der Waals surface area contributed by atoms with E-state index in [1.54, 1.807) is 0 Å². The van der Waals surface area contributed by atoms with Gasteiger partial charge in [0.15, 0.2) is 0 Å². The van der Waals surface area contributed by atoms with E-state index in [1.165, 1.54) is 0 Å². The van der Waals surface area contributed by atoms with E-state index in [-0.39, 0.29) is 19.4 Å². The minimum absolute atomic E-state index is 0.147. The molecule has 0 spiro atoms. The van der Waals surface area contributed by atoms with Crippen LogP contribution >= 0.6 is 0 Å². The number of nitrogens with one attached hydrogen (secondary N) is 1. The van der Waals surface area contributed by atoms with Gasteiger partial charge in [0.05, 0.1) is 17.6 Å². The highest BCUT2D eigenvalue weighted by Crippen LogP contribution is 2.49. The Labute approximate surface area is 121 Å². The fraction of sp³-hybridized carbons (Fsp3) is 0.533. The molecule has 114 valence electrons. The molecule has 1 aliphatic carbocycles. The summed E-state index contributed by atoms with van der Waals surface area (Å²) in [6.07, 6.45) is -2.96. The highest BCUT2D eigenvalue weighted by atomic mass is 19.4. The first-order valence-electron chi connectivity index (χ1n) is 7.23. The zero-order valence-corrected chi connectivity index (χ0v) is 11.9. The molecule has 0 atom stereocenters. The van der Waals surface area contributed by atoms with E-state index in [0.717, 1.165) is 24.0 Å². The summed E-state index contributed by atoms with van der Waals surface area (Å²) in [4.78, 5) is 4.48. The van der Waals surface area contributed by atoms with Crippen LogP contribution in [0.1, 0.15) is 32.0 Å². The number of aromatic nitrogens is 2. The number of para-hydroxylation sites is 2. The van der Waals surface area contributed by atoms with E-state index in [4.69, 9.17) is 0 Å². The Kier molecular flexibility index (Phi) is 3.43. The minimum atomic E-state index is -4.19. The summed E-state index contributed by atoms with van der Waals surface area (Å²) in [6.45, 7) is 2.95. The van der Waals surface area contributed by atoms with Gasteiger partial charge in [0.1, 0.15) is 11.4 Å². The zero-order valence-electron chi connectivity index (χ0n) is 11.9. The minimum Gasteiger partial charge on any atom is -0.327 e. The molecule has 21 heavy (non-hydrogen) atoms. The van der Waals surface area contributed by atoms with E-state index >= 15 is 0 Å². The van der Waals surface area contributed by atoms with Crippen molar-refractivity contribution < 1.29 is 13.2 Å². The van der Waals surface area contributed by atoms with Crippen LogP contribution in [-0.2, 0) is 13.1 Å². The second kappa shape index (κ2) is 5.02. The van der Waals surface area contributed by atoms with Crippen LogP contribution in [0.15, 0.2) is 24.3 Å². The Morgan fingerprint density at radius 3 is 2.62 bits per heavy atom. The van der Waals surface area contributed by atoms with Crippen molar-refractivity contribution in [3.63, 3.8) is 0 Å². The largest absolute Gasteiger partial charge is 0.406 e. The first kappa shape index (κ1) is 14.4. The van der Waals surface area contributed by atoms with Gasteiger partial charge in [0, 0.05) is 6.54 Å². The van der Waals surface area contributed by atoms with Gasteiger partial charge >= 0.3 is 6.18 Å². The van der Waals surface area contributed by atoms with E-state index in [0.29, 0.717) is 5.82 Å². The molecule has 1 N–H and O–H groups in total. The third kappa shape index (κ3) is 2.52. The van der Waals surface area contributed by atoms with Crippen molar-refractivity contribution in [3.8, 4) is 0 Å². The lowest BCUT2D eigenvalue weighted by Gasteiger charge is -2.20. The Balaban J connectivity index is 1.85. The standard InChI is InChI=1S/C15H18F3N3/c1-2-9-21-12-6-4-3-5-11(12)20-13(21)10-19-14(7-8-14)15(16,17)18/h3-6,19H,2,7-10H2,1H3. The maximum atomic E-state index is 13.0. The molecule has 1 saturated carbocycles. The number of fused-ring (bicyclic) bond motifs is 1. The Bertz CT molecular complexity index is 641. The van der Waals surface area contributed by atoms with Gasteiger partial charge < -0.3 is 4.57 Å². The Morgan fingerprint density at radius 1 is 1.29 bits per heavy atom. The summed E-state index contributed by atoms with van der Waals surface area (Å²) in [5.41, 5.74) is 0.120. The molecule has 1 aliphatic rings. The maximum absolute atomic E-state index is 13.0. The van der Waals surface area contributed by atoms with Crippen molar-refractivity contribution in [1.82, 2.24) is 14.9 Å². The molecule has 0 bridgehead atoms. The van der Waals surface area contributed by atoms with E-state index in [2.05, 4.69) is 10.3 Å². The lowest BCUT2D eigenvalue weighted by Crippen LogP contribution is -2.44. The van der Waals surface area contributed by atoms with Crippen LogP contribution in [0.25, 0.3) is 11.0 Å². The summed E-state index contributed by atoms with van der Waals surface area (Å²) in [7, 11) is 0. The van der Waals surface area contributed by atoms with Gasteiger partial charge in [-0.3, -0.25) is 5.32 Å². The molecular weight excluding hydrogens is 279 g/mol. The van der Waals surface area contributed by atoms with E-state index < -0.39 is 11.7 Å². The lowest BCUT2D eigenvalue weighted by atomic mass is 10.2. The molecule has 1 fully saturated rings. The monoisotopic (exact) mass is 297 g/mol. The average molecular weight is 297 g/mol. The van der Waals surface area contributed by atoms with Crippen LogP contribution in [-0.4, -0.2) is 21.3 Å². The number of hydrogen-bond acceptors (Lipinski definition) is 2. The van der Waals surface area contributed by atoms with Crippen molar-refractivity contribution in [2.45, 2.75) is 51.0 Å². The van der Waals surface area contributed by atoms with Crippen LogP contribution in [0, 0.1) is 0 Å². The molecule has 0 radical (unpaired) electrons. The second-order valence-electron chi connectivity index (χ2n) is 5.60.